The van der Waals surface area contributed by atoms with Gasteiger partial charge in [0.25, 0.3) is 0 Å². The van der Waals surface area contributed by atoms with Crippen molar-refractivity contribution in [3.8, 4) is 0 Å². The van der Waals surface area contributed by atoms with Gasteiger partial charge in [-0.25, -0.2) is 0 Å². The molecule has 0 fully saturated rings. The third-order valence-electron chi connectivity index (χ3n) is 1.87. The number of nitro groups is 2. The van der Waals surface area contributed by atoms with E-state index in [2.05, 4.69) is 0 Å². The number of benzene rings is 1. The fraction of sp³-hybridized carbons (Fsp3) is 0.333. The van der Waals surface area contributed by atoms with Crippen molar-refractivity contribution in [3.63, 3.8) is 0 Å². The van der Waals surface area contributed by atoms with Crippen LogP contribution >= 0.6 is 0 Å². The number of hydrogen-bond acceptors (Lipinski definition) is 5. The van der Waals surface area contributed by atoms with Gasteiger partial charge in [0.05, 0.1) is 16.5 Å². The van der Waals surface area contributed by atoms with Crippen LogP contribution in [0.4, 0.5) is 0 Å². The van der Waals surface area contributed by atoms with E-state index in [1.54, 1.807) is 24.3 Å². The van der Waals surface area contributed by atoms with Crippen LogP contribution in [-0.2, 0) is 11.3 Å². The van der Waals surface area contributed by atoms with Gasteiger partial charge < -0.3 is 4.74 Å². The zero-order chi connectivity index (χ0) is 12.0. The Morgan fingerprint density at radius 2 is 1.69 bits per heavy atom. The lowest BCUT2D eigenvalue weighted by Crippen LogP contribution is -2.33. The minimum atomic E-state index is -1.90. The van der Waals surface area contributed by atoms with Gasteiger partial charge in [0, 0.05) is 0 Å². The monoisotopic (exact) mass is 226 g/mol. The highest BCUT2D eigenvalue weighted by atomic mass is 16.7. The number of ether oxygens (including phenoxy) is 1. The molecule has 0 saturated carbocycles. The van der Waals surface area contributed by atoms with E-state index in [0.29, 0.717) is 0 Å². The molecular formula is C9H10N2O5. The first-order valence-corrected chi connectivity index (χ1v) is 4.50. The molecule has 0 aliphatic rings. The Morgan fingerprint density at radius 3 is 2.19 bits per heavy atom. The third-order valence-corrected chi connectivity index (χ3v) is 1.87. The minimum absolute atomic E-state index is 0.124. The van der Waals surface area contributed by atoms with E-state index in [1.165, 1.54) is 0 Å². The molecule has 0 aliphatic carbocycles. The molecular weight excluding hydrogens is 216 g/mol. The van der Waals surface area contributed by atoms with Crippen molar-refractivity contribution in [2.24, 2.45) is 0 Å². The molecule has 0 N–H and O–H groups in total. The van der Waals surface area contributed by atoms with Crippen molar-refractivity contribution < 1.29 is 14.6 Å². The number of hydrogen-bond donors (Lipinski definition) is 0. The van der Waals surface area contributed by atoms with E-state index in [9.17, 15) is 20.2 Å². The lowest BCUT2D eigenvalue weighted by Gasteiger charge is -2.04. The Labute approximate surface area is 90.9 Å². The molecule has 1 rings (SSSR count). The first-order chi connectivity index (χ1) is 7.61. The summed E-state index contributed by atoms with van der Waals surface area (Å²) in [5.74, 6) is 0. The maximum atomic E-state index is 10.3. The van der Waals surface area contributed by atoms with Crippen molar-refractivity contribution >= 4 is 0 Å². The van der Waals surface area contributed by atoms with E-state index in [4.69, 9.17) is 4.74 Å². The highest BCUT2D eigenvalue weighted by Gasteiger charge is 2.32. The molecule has 0 amide bonds. The van der Waals surface area contributed by atoms with Crippen molar-refractivity contribution in [3.05, 3.63) is 56.1 Å². The second kappa shape index (κ2) is 5.76. The van der Waals surface area contributed by atoms with Crippen molar-refractivity contribution in [2.75, 3.05) is 6.61 Å². The van der Waals surface area contributed by atoms with Crippen LogP contribution in [0.5, 0.6) is 0 Å². The normalized spacial score (nSPS) is 10.3. The Kier molecular flexibility index (Phi) is 4.34. The molecule has 0 aliphatic heterocycles. The third kappa shape index (κ3) is 3.62. The van der Waals surface area contributed by atoms with E-state index >= 15 is 0 Å². The zero-order valence-electron chi connectivity index (χ0n) is 8.31. The van der Waals surface area contributed by atoms with Gasteiger partial charge in [-0.2, -0.15) is 0 Å². The van der Waals surface area contributed by atoms with E-state index in [1.807, 2.05) is 6.07 Å². The molecule has 16 heavy (non-hydrogen) atoms. The Bertz CT molecular complexity index is 353. The molecule has 7 nitrogen and oxygen atoms in total. The van der Waals surface area contributed by atoms with Crippen LogP contribution in [0, 0.1) is 20.2 Å². The summed E-state index contributed by atoms with van der Waals surface area (Å²) in [7, 11) is 0. The maximum Gasteiger partial charge on any atom is 0.473 e. The minimum Gasteiger partial charge on any atom is -0.362 e. The fourth-order valence-electron chi connectivity index (χ4n) is 1.06. The highest BCUT2D eigenvalue weighted by Crippen LogP contribution is 2.02. The predicted molar refractivity (Wildman–Crippen MR) is 53.9 cm³/mol. The molecule has 0 saturated heterocycles. The summed E-state index contributed by atoms with van der Waals surface area (Å²) in [4.78, 5) is 18.6. The second-order valence-electron chi connectivity index (χ2n) is 3.05. The summed E-state index contributed by atoms with van der Waals surface area (Å²) in [5.41, 5.74) is 0.813. The second-order valence-corrected chi connectivity index (χ2v) is 3.05. The largest absolute Gasteiger partial charge is 0.473 e. The molecule has 0 bridgehead atoms. The van der Waals surface area contributed by atoms with E-state index in [-0.39, 0.29) is 6.61 Å². The highest BCUT2D eigenvalue weighted by molar-refractivity contribution is 5.13. The van der Waals surface area contributed by atoms with Crippen LogP contribution in [0.3, 0.4) is 0 Å². The predicted octanol–water partition coefficient (Wildman–Crippen LogP) is 1.08. The SMILES string of the molecule is O=[N+]([O-])C(COCc1ccccc1)[N+](=O)[O-]. The molecule has 1 aromatic carbocycles. The van der Waals surface area contributed by atoms with Crippen LogP contribution in [0.25, 0.3) is 0 Å². The van der Waals surface area contributed by atoms with Crippen LogP contribution < -0.4 is 0 Å². The number of rotatable bonds is 6. The van der Waals surface area contributed by atoms with Gasteiger partial charge in [-0.05, 0) is 5.56 Å². The van der Waals surface area contributed by atoms with Crippen LogP contribution in [0.2, 0.25) is 0 Å². The number of nitrogens with zero attached hydrogens (tertiary/aromatic N) is 2. The lowest BCUT2D eigenvalue weighted by atomic mass is 10.2. The smallest absolute Gasteiger partial charge is 0.362 e. The zero-order valence-corrected chi connectivity index (χ0v) is 8.31. The Morgan fingerprint density at radius 1 is 1.12 bits per heavy atom. The maximum absolute atomic E-state index is 10.3. The van der Waals surface area contributed by atoms with E-state index in [0.717, 1.165) is 5.56 Å². The Hall–Kier alpha value is -2.02. The first kappa shape index (κ1) is 12.1. The molecule has 0 heterocycles. The summed E-state index contributed by atoms with van der Waals surface area (Å²) in [5, 5.41) is 20.5. The average molecular weight is 226 g/mol. The molecule has 1 aromatic rings. The van der Waals surface area contributed by atoms with Crippen LogP contribution in [0.15, 0.2) is 30.3 Å². The lowest BCUT2D eigenvalue weighted by molar-refractivity contribution is -0.744. The molecule has 0 aromatic heterocycles. The molecule has 0 spiro atoms. The van der Waals surface area contributed by atoms with Crippen molar-refractivity contribution in [1.82, 2.24) is 0 Å². The summed E-state index contributed by atoms with van der Waals surface area (Å²) in [6, 6.07) is 8.94. The van der Waals surface area contributed by atoms with Gasteiger partial charge in [0.1, 0.15) is 0 Å². The first-order valence-electron chi connectivity index (χ1n) is 4.50. The fourth-order valence-corrected chi connectivity index (χ4v) is 1.06. The molecule has 86 valence electrons. The van der Waals surface area contributed by atoms with Gasteiger partial charge >= 0.3 is 6.17 Å². The summed E-state index contributed by atoms with van der Waals surface area (Å²) in [6.45, 7) is -0.409. The average Bonchev–Trinajstić information content (AvgIpc) is 2.24. The molecule has 0 atom stereocenters. The van der Waals surface area contributed by atoms with Gasteiger partial charge in [0.2, 0.25) is 0 Å². The van der Waals surface area contributed by atoms with Gasteiger partial charge in [-0.1, -0.05) is 30.3 Å². The topological polar surface area (TPSA) is 95.5 Å². The molecule has 0 unspecified atom stereocenters. The summed E-state index contributed by atoms with van der Waals surface area (Å²) < 4.78 is 4.92. The summed E-state index contributed by atoms with van der Waals surface area (Å²) in [6.07, 6.45) is -1.90. The van der Waals surface area contributed by atoms with E-state index < -0.39 is 22.6 Å². The molecule has 0 radical (unpaired) electrons. The summed E-state index contributed by atoms with van der Waals surface area (Å²) >= 11 is 0. The van der Waals surface area contributed by atoms with Crippen LogP contribution in [-0.4, -0.2) is 22.6 Å². The van der Waals surface area contributed by atoms with Gasteiger partial charge in [-0.3, -0.25) is 20.2 Å². The quantitative estimate of drug-likeness (QED) is 0.411. The van der Waals surface area contributed by atoms with Gasteiger partial charge in [-0.15, -0.1) is 0 Å². The van der Waals surface area contributed by atoms with Gasteiger partial charge in [0.15, 0.2) is 6.61 Å². The molecule has 7 heteroatoms. The standard InChI is InChI=1S/C9H10N2O5/c12-10(13)9(11(14)15)7-16-6-8-4-2-1-3-5-8/h1-5,9H,6-7H2. The Balaban J connectivity index is 2.40. The van der Waals surface area contributed by atoms with Crippen molar-refractivity contribution in [2.45, 2.75) is 12.8 Å². The van der Waals surface area contributed by atoms with Crippen LogP contribution in [0.1, 0.15) is 5.56 Å². The van der Waals surface area contributed by atoms with Crippen molar-refractivity contribution in [1.29, 1.82) is 0 Å².